The van der Waals surface area contributed by atoms with Crippen LogP contribution < -0.4 is 0 Å². The Labute approximate surface area is 77.3 Å². The molecule has 0 atom stereocenters. The number of ether oxygens (including phenoxy) is 1. The molecule has 0 amide bonds. The van der Waals surface area contributed by atoms with E-state index in [2.05, 4.69) is 20.7 Å². The van der Waals surface area contributed by atoms with E-state index >= 15 is 0 Å². The summed E-state index contributed by atoms with van der Waals surface area (Å²) in [4.78, 5) is 10.8. The zero-order valence-electron chi connectivity index (χ0n) is 5.96. The standard InChI is InChI=1S/C7H7BrO2S/c1-10-7(9)2-5-3-11-4-6(5)8/h3-4H,2H2,1H3. The van der Waals surface area contributed by atoms with Crippen molar-refractivity contribution in [3.63, 3.8) is 0 Å². The lowest BCUT2D eigenvalue weighted by Gasteiger charge is -1.96. The van der Waals surface area contributed by atoms with Crippen LogP contribution in [-0.2, 0) is 16.0 Å². The molecule has 2 nitrogen and oxygen atoms in total. The van der Waals surface area contributed by atoms with Gasteiger partial charge >= 0.3 is 5.97 Å². The molecule has 1 aromatic rings. The second kappa shape index (κ2) is 3.88. The fourth-order valence-corrected chi connectivity index (χ4v) is 2.11. The molecule has 0 saturated carbocycles. The fraction of sp³-hybridized carbons (Fsp3) is 0.286. The molecule has 0 fully saturated rings. The Morgan fingerprint density at radius 3 is 2.91 bits per heavy atom. The van der Waals surface area contributed by atoms with E-state index in [-0.39, 0.29) is 5.97 Å². The summed E-state index contributed by atoms with van der Waals surface area (Å²) in [5.41, 5.74) is 0.988. The third-order valence-electron chi connectivity index (χ3n) is 1.25. The van der Waals surface area contributed by atoms with Crippen LogP contribution in [0.15, 0.2) is 15.2 Å². The predicted octanol–water partition coefficient (Wildman–Crippen LogP) is 2.23. The van der Waals surface area contributed by atoms with E-state index in [0.717, 1.165) is 10.0 Å². The number of hydrogen-bond donors (Lipinski definition) is 0. The molecule has 60 valence electrons. The summed E-state index contributed by atoms with van der Waals surface area (Å²) in [6, 6.07) is 0. The number of thiophene rings is 1. The minimum absolute atomic E-state index is 0.205. The molecule has 11 heavy (non-hydrogen) atoms. The van der Waals surface area contributed by atoms with Crippen LogP contribution >= 0.6 is 27.3 Å². The Kier molecular flexibility index (Phi) is 3.08. The Morgan fingerprint density at radius 2 is 2.45 bits per heavy atom. The van der Waals surface area contributed by atoms with Crippen molar-refractivity contribution in [3.05, 3.63) is 20.8 Å². The van der Waals surface area contributed by atoms with E-state index in [1.807, 2.05) is 10.8 Å². The second-order valence-corrected chi connectivity index (χ2v) is 3.60. The summed E-state index contributed by atoms with van der Waals surface area (Å²) in [6.45, 7) is 0. The molecule has 0 bridgehead atoms. The van der Waals surface area contributed by atoms with Crippen molar-refractivity contribution in [3.8, 4) is 0 Å². The topological polar surface area (TPSA) is 26.3 Å². The maximum absolute atomic E-state index is 10.8. The van der Waals surface area contributed by atoms with Crippen LogP contribution in [-0.4, -0.2) is 13.1 Å². The van der Waals surface area contributed by atoms with Gasteiger partial charge < -0.3 is 4.74 Å². The number of rotatable bonds is 2. The van der Waals surface area contributed by atoms with Gasteiger partial charge in [-0.1, -0.05) is 0 Å². The quantitative estimate of drug-likeness (QED) is 0.734. The average molecular weight is 235 g/mol. The number of halogens is 1. The summed E-state index contributed by atoms with van der Waals surface area (Å²) in [7, 11) is 1.39. The van der Waals surface area contributed by atoms with Crippen molar-refractivity contribution in [1.29, 1.82) is 0 Å². The van der Waals surface area contributed by atoms with Gasteiger partial charge in [0.15, 0.2) is 0 Å². The number of methoxy groups -OCH3 is 1. The molecular formula is C7H7BrO2S. The molecule has 1 aromatic heterocycles. The average Bonchev–Trinajstić information content (AvgIpc) is 2.37. The summed E-state index contributed by atoms with van der Waals surface area (Å²) in [5.74, 6) is -0.205. The third kappa shape index (κ3) is 2.31. The summed E-state index contributed by atoms with van der Waals surface area (Å²) in [6.07, 6.45) is 0.348. The smallest absolute Gasteiger partial charge is 0.310 e. The molecule has 0 unspecified atom stereocenters. The molecule has 1 heterocycles. The molecule has 1 rings (SSSR count). The van der Waals surface area contributed by atoms with Gasteiger partial charge in [-0.05, 0) is 26.9 Å². The van der Waals surface area contributed by atoms with Gasteiger partial charge in [0, 0.05) is 9.85 Å². The summed E-state index contributed by atoms with van der Waals surface area (Å²) in [5, 5.41) is 3.87. The zero-order valence-corrected chi connectivity index (χ0v) is 8.37. The predicted molar refractivity (Wildman–Crippen MR) is 47.7 cm³/mol. The SMILES string of the molecule is COC(=O)Cc1cscc1Br. The molecule has 0 aromatic carbocycles. The van der Waals surface area contributed by atoms with Gasteiger partial charge in [-0.15, -0.1) is 0 Å². The van der Waals surface area contributed by atoms with Crippen LogP contribution in [0.25, 0.3) is 0 Å². The minimum Gasteiger partial charge on any atom is -0.469 e. The van der Waals surface area contributed by atoms with Crippen LogP contribution in [0, 0.1) is 0 Å². The highest BCUT2D eigenvalue weighted by Crippen LogP contribution is 2.21. The van der Waals surface area contributed by atoms with Crippen molar-refractivity contribution < 1.29 is 9.53 Å². The molecule has 0 aliphatic heterocycles. The van der Waals surface area contributed by atoms with Crippen molar-refractivity contribution in [2.24, 2.45) is 0 Å². The molecule has 4 heteroatoms. The lowest BCUT2D eigenvalue weighted by atomic mass is 10.2. The van der Waals surface area contributed by atoms with Gasteiger partial charge in [0.2, 0.25) is 0 Å². The minimum atomic E-state index is -0.205. The van der Waals surface area contributed by atoms with E-state index in [9.17, 15) is 4.79 Å². The molecule has 0 aliphatic carbocycles. The highest BCUT2D eigenvalue weighted by atomic mass is 79.9. The highest BCUT2D eigenvalue weighted by molar-refractivity contribution is 9.10. The van der Waals surface area contributed by atoms with Crippen molar-refractivity contribution in [1.82, 2.24) is 0 Å². The fourth-order valence-electron chi connectivity index (χ4n) is 0.662. The molecule has 0 spiro atoms. The maximum Gasteiger partial charge on any atom is 0.310 e. The Bertz CT molecular complexity index is 257. The molecule has 0 N–H and O–H groups in total. The Morgan fingerprint density at radius 1 is 1.73 bits per heavy atom. The van der Waals surface area contributed by atoms with Crippen LogP contribution in [0.4, 0.5) is 0 Å². The monoisotopic (exact) mass is 234 g/mol. The van der Waals surface area contributed by atoms with Gasteiger partial charge in [-0.25, -0.2) is 0 Å². The van der Waals surface area contributed by atoms with Crippen LogP contribution in [0.1, 0.15) is 5.56 Å². The highest BCUT2D eigenvalue weighted by Gasteiger charge is 2.06. The van der Waals surface area contributed by atoms with Crippen molar-refractivity contribution in [2.75, 3.05) is 7.11 Å². The number of esters is 1. The van der Waals surface area contributed by atoms with Gasteiger partial charge in [-0.2, -0.15) is 11.3 Å². The summed E-state index contributed by atoms with van der Waals surface area (Å²) >= 11 is 4.89. The van der Waals surface area contributed by atoms with E-state index in [4.69, 9.17) is 0 Å². The van der Waals surface area contributed by atoms with Crippen LogP contribution in [0.2, 0.25) is 0 Å². The molecular weight excluding hydrogens is 228 g/mol. The Balaban J connectivity index is 2.64. The molecule has 0 radical (unpaired) electrons. The van der Waals surface area contributed by atoms with Crippen LogP contribution in [0.5, 0.6) is 0 Å². The maximum atomic E-state index is 10.8. The normalized spacial score (nSPS) is 9.64. The number of carbonyl (C=O) groups is 1. The van der Waals surface area contributed by atoms with E-state index in [1.54, 1.807) is 11.3 Å². The van der Waals surface area contributed by atoms with Crippen molar-refractivity contribution in [2.45, 2.75) is 6.42 Å². The van der Waals surface area contributed by atoms with Gasteiger partial charge in [0.05, 0.1) is 13.5 Å². The largest absolute Gasteiger partial charge is 0.469 e. The van der Waals surface area contributed by atoms with E-state index in [0.29, 0.717) is 6.42 Å². The Hall–Kier alpha value is -0.350. The molecule has 0 saturated heterocycles. The lowest BCUT2D eigenvalue weighted by Crippen LogP contribution is -2.03. The number of carbonyl (C=O) groups excluding carboxylic acids is 1. The van der Waals surface area contributed by atoms with E-state index in [1.165, 1.54) is 7.11 Å². The third-order valence-corrected chi connectivity index (χ3v) is 3.08. The molecule has 0 aliphatic rings. The lowest BCUT2D eigenvalue weighted by molar-refractivity contribution is -0.139. The first-order chi connectivity index (χ1) is 5.24. The van der Waals surface area contributed by atoms with Crippen molar-refractivity contribution >= 4 is 33.2 Å². The van der Waals surface area contributed by atoms with Crippen LogP contribution in [0.3, 0.4) is 0 Å². The first-order valence-electron chi connectivity index (χ1n) is 3.01. The second-order valence-electron chi connectivity index (χ2n) is 2.00. The number of hydrogen-bond acceptors (Lipinski definition) is 3. The first-order valence-corrected chi connectivity index (χ1v) is 4.75. The summed E-state index contributed by atoms with van der Waals surface area (Å²) < 4.78 is 5.50. The first kappa shape index (κ1) is 8.74. The zero-order chi connectivity index (χ0) is 8.27. The van der Waals surface area contributed by atoms with Gasteiger partial charge in [-0.3, -0.25) is 4.79 Å². The van der Waals surface area contributed by atoms with Gasteiger partial charge in [0.25, 0.3) is 0 Å². The van der Waals surface area contributed by atoms with E-state index < -0.39 is 0 Å². The van der Waals surface area contributed by atoms with Gasteiger partial charge in [0.1, 0.15) is 0 Å².